The van der Waals surface area contributed by atoms with E-state index in [1.165, 1.54) is 13.4 Å². The number of rotatable bonds is 6. The normalized spacial score (nSPS) is 15.3. The lowest BCUT2D eigenvalue weighted by Crippen LogP contribution is -2.36. The molecule has 8 nitrogen and oxygen atoms in total. The van der Waals surface area contributed by atoms with E-state index in [0.717, 1.165) is 25.7 Å². The third-order valence-electron chi connectivity index (χ3n) is 3.52. The third-order valence-corrected chi connectivity index (χ3v) is 3.52. The molecule has 0 unspecified atom stereocenters. The Hall–Kier alpha value is -1.96. The van der Waals surface area contributed by atoms with E-state index in [2.05, 4.69) is 9.97 Å². The summed E-state index contributed by atoms with van der Waals surface area (Å²) in [5.41, 5.74) is -0.240. The van der Waals surface area contributed by atoms with Crippen molar-refractivity contribution >= 4 is 11.5 Å². The Labute approximate surface area is 116 Å². The van der Waals surface area contributed by atoms with Crippen LogP contribution in [0.25, 0.3) is 0 Å². The minimum Gasteiger partial charge on any atom is -0.476 e. The molecule has 1 aromatic heterocycles. The number of aromatic nitrogens is 2. The zero-order valence-corrected chi connectivity index (χ0v) is 11.4. The number of aliphatic hydroxyl groups is 1. The smallest absolute Gasteiger partial charge is 0.372 e. The van der Waals surface area contributed by atoms with Crippen LogP contribution >= 0.6 is 0 Å². The molecule has 20 heavy (non-hydrogen) atoms. The van der Waals surface area contributed by atoms with Crippen molar-refractivity contribution in [3.8, 4) is 5.88 Å². The first-order valence-corrected chi connectivity index (χ1v) is 6.60. The van der Waals surface area contributed by atoms with Crippen molar-refractivity contribution < 1.29 is 14.8 Å². The predicted molar refractivity (Wildman–Crippen MR) is 71.9 cm³/mol. The Morgan fingerprint density at radius 1 is 1.50 bits per heavy atom. The fraction of sp³-hybridized carbons (Fsp3) is 0.667. The summed E-state index contributed by atoms with van der Waals surface area (Å²) in [5, 5.41) is 20.5. The van der Waals surface area contributed by atoms with Crippen LogP contribution in [0.2, 0.25) is 0 Å². The predicted octanol–water partition coefficient (Wildman–Crippen LogP) is 1.13. The molecule has 1 fully saturated rings. The molecule has 0 amide bonds. The number of anilines is 1. The molecular formula is C12H18N4O4. The van der Waals surface area contributed by atoms with Gasteiger partial charge < -0.3 is 14.7 Å². The summed E-state index contributed by atoms with van der Waals surface area (Å²) in [6.45, 7) is 0.228. The van der Waals surface area contributed by atoms with Crippen LogP contribution in [-0.2, 0) is 0 Å². The van der Waals surface area contributed by atoms with E-state index in [1.54, 1.807) is 4.90 Å². The summed E-state index contributed by atoms with van der Waals surface area (Å²) in [4.78, 5) is 20.4. The number of ether oxygens (including phenoxy) is 1. The first kappa shape index (κ1) is 14.4. The first-order chi connectivity index (χ1) is 9.69. The highest BCUT2D eigenvalue weighted by atomic mass is 16.6. The minimum absolute atomic E-state index is 0.0547. The van der Waals surface area contributed by atoms with Crippen LogP contribution in [0.4, 0.5) is 11.5 Å². The molecule has 8 heteroatoms. The van der Waals surface area contributed by atoms with Gasteiger partial charge in [0.25, 0.3) is 5.88 Å². The van der Waals surface area contributed by atoms with Gasteiger partial charge in [-0.05, 0) is 12.8 Å². The van der Waals surface area contributed by atoms with E-state index in [4.69, 9.17) is 4.74 Å². The first-order valence-electron chi connectivity index (χ1n) is 6.60. The van der Waals surface area contributed by atoms with Gasteiger partial charge >= 0.3 is 5.69 Å². The second kappa shape index (κ2) is 6.47. The quantitative estimate of drug-likeness (QED) is 0.616. The van der Waals surface area contributed by atoms with Gasteiger partial charge in [0.2, 0.25) is 5.82 Å². The van der Waals surface area contributed by atoms with Gasteiger partial charge in [0.05, 0.1) is 18.6 Å². The molecule has 1 aliphatic rings. The minimum atomic E-state index is -0.534. The average molecular weight is 282 g/mol. The van der Waals surface area contributed by atoms with Crippen LogP contribution in [0, 0.1) is 10.1 Å². The maximum Gasteiger partial charge on any atom is 0.372 e. The van der Waals surface area contributed by atoms with Crippen LogP contribution in [0.15, 0.2) is 6.33 Å². The number of aliphatic hydroxyl groups excluding tert-OH is 1. The molecule has 110 valence electrons. The van der Waals surface area contributed by atoms with Gasteiger partial charge in [0.1, 0.15) is 6.33 Å². The molecule has 0 spiro atoms. The molecule has 1 saturated carbocycles. The number of hydrogen-bond donors (Lipinski definition) is 1. The number of methoxy groups -OCH3 is 1. The Morgan fingerprint density at radius 2 is 2.20 bits per heavy atom. The number of nitrogens with zero attached hydrogens (tertiary/aromatic N) is 4. The van der Waals surface area contributed by atoms with Crippen LogP contribution in [0.5, 0.6) is 5.88 Å². The Balaban J connectivity index is 2.43. The lowest BCUT2D eigenvalue weighted by Gasteiger charge is -2.28. The van der Waals surface area contributed by atoms with Crippen molar-refractivity contribution in [3.63, 3.8) is 0 Å². The van der Waals surface area contributed by atoms with E-state index in [-0.39, 0.29) is 30.0 Å². The van der Waals surface area contributed by atoms with Crippen LogP contribution < -0.4 is 9.64 Å². The second-order valence-corrected chi connectivity index (χ2v) is 4.67. The summed E-state index contributed by atoms with van der Waals surface area (Å²) in [6, 6.07) is 0.167. The van der Waals surface area contributed by atoms with Gasteiger partial charge in [0.15, 0.2) is 0 Å². The molecule has 0 atom stereocenters. The van der Waals surface area contributed by atoms with E-state index < -0.39 is 4.92 Å². The maximum atomic E-state index is 11.3. The van der Waals surface area contributed by atoms with Crippen molar-refractivity contribution in [1.29, 1.82) is 0 Å². The van der Waals surface area contributed by atoms with E-state index in [9.17, 15) is 15.2 Å². The summed E-state index contributed by atoms with van der Waals surface area (Å²) < 4.78 is 4.96. The molecule has 0 aliphatic heterocycles. The fourth-order valence-electron chi connectivity index (χ4n) is 2.66. The highest BCUT2D eigenvalue weighted by molar-refractivity contribution is 5.63. The lowest BCUT2D eigenvalue weighted by molar-refractivity contribution is -0.385. The molecule has 2 rings (SSSR count). The van der Waals surface area contributed by atoms with E-state index in [0.29, 0.717) is 6.54 Å². The molecule has 1 heterocycles. The van der Waals surface area contributed by atoms with Gasteiger partial charge in [-0.2, -0.15) is 4.98 Å². The number of nitro groups is 1. The highest BCUT2D eigenvalue weighted by Gasteiger charge is 2.32. The van der Waals surface area contributed by atoms with Gasteiger partial charge in [-0.3, -0.25) is 10.1 Å². The summed E-state index contributed by atoms with van der Waals surface area (Å²) in [5.74, 6) is 0.170. The highest BCUT2D eigenvalue weighted by Crippen LogP contribution is 2.36. The standard InChI is InChI=1S/C12H18N4O4/c1-20-12-10(16(18)19)11(13-8-14-12)15(6-7-17)9-4-2-3-5-9/h8-9,17H,2-7H2,1H3. The van der Waals surface area contributed by atoms with Gasteiger partial charge in [-0.1, -0.05) is 12.8 Å². The molecule has 0 bridgehead atoms. The molecule has 0 radical (unpaired) electrons. The zero-order valence-electron chi connectivity index (χ0n) is 11.4. The number of hydrogen-bond acceptors (Lipinski definition) is 7. The molecule has 0 aromatic carbocycles. The zero-order chi connectivity index (χ0) is 14.5. The van der Waals surface area contributed by atoms with Crippen molar-refractivity contribution in [3.05, 3.63) is 16.4 Å². The third kappa shape index (κ3) is 2.79. The van der Waals surface area contributed by atoms with Crippen molar-refractivity contribution in [2.75, 3.05) is 25.2 Å². The van der Waals surface area contributed by atoms with Gasteiger partial charge in [-0.15, -0.1) is 0 Å². The molecule has 0 saturated heterocycles. The Morgan fingerprint density at radius 3 is 2.75 bits per heavy atom. The Kier molecular flexibility index (Phi) is 4.67. The SMILES string of the molecule is COc1ncnc(N(CCO)C2CCCC2)c1[N+](=O)[O-]. The van der Waals surface area contributed by atoms with Gasteiger partial charge in [-0.25, -0.2) is 4.98 Å². The summed E-state index contributed by atoms with van der Waals surface area (Å²) >= 11 is 0. The molecule has 1 N–H and O–H groups in total. The van der Waals surface area contributed by atoms with Gasteiger partial charge in [0, 0.05) is 12.6 Å². The van der Waals surface area contributed by atoms with E-state index in [1.807, 2.05) is 0 Å². The van der Waals surface area contributed by atoms with E-state index >= 15 is 0 Å². The van der Waals surface area contributed by atoms with Crippen molar-refractivity contribution in [2.24, 2.45) is 0 Å². The summed E-state index contributed by atoms with van der Waals surface area (Å²) in [7, 11) is 1.34. The average Bonchev–Trinajstić information content (AvgIpc) is 2.97. The van der Waals surface area contributed by atoms with Crippen LogP contribution in [0.3, 0.4) is 0 Å². The molecule has 1 aromatic rings. The van der Waals surface area contributed by atoms with Crippen molar-refractivity contribution in [1.82, 2.24) is 9.97 Å². The van der Waals surface area contributed by atoms with Crippen molar-refractivity contribution in [2.45, 2.75) is 31.7 Å². The Bertz CT molecular complexity index is 477. The van der Waals surface area contributed by atoms with Crippen LogP contribution in [-0.4, -0.2) is 46.3 Å². The summed E-state index contributed by atoms with van der Waals surface area (Å²) in [6.07, 6.45) is 5.32. The lowest BCUT2D eigenvalue weighted by atomic mass is 10.2. The van der Waals surface area contributed by atoms with Crippen LogP contribution in [0.1, 0.15) is 25.7 Å². The molecular weight excluding hydrogens is 264 g/mol. The fourth-order valence-corrected chi connectivity index (χ4v) is 2.66. The maximum absolute atomic E-state index is 11.3. The molecule has 1 aliphatic carbocycles. The largest absolute Gasteiger partial charge is 0.476 e. The monoisotopic (exact) mass is 282 g/mol. The second-order valence-electron chi connectivity index (χ2n) is 4.67. The topological polar surface area (TPSA) is 102 Å².